The van der Waals surface area contributed by atoms with Gasteiger partial charge in [-0.25, -0.2) is 9.18 Å². The number of hydrogen-bond donors (Lipinski definition) is 1. The fraction of sp³-hybridized carbons (Fsp3) is 0.353. The molecule has 0 radical (unpaired) electrons. The Morgan fingerprint density at radius 1 is 1.23 bits per heavy atom. The van der Waals surface area contributed by atoms with Gasteiger partial charge in [0.15, 0.2) is 0 Å². The molecule has 1 atom stereocenters. The molecule has 22 heavy (non-hydrogen) atoms. The maximum absolute atomic E-state index is 13.0. The van der Waals surface area contributed by atoms with Gasteiger partial charge in [-0.3, -0.25) is 0 Å². The number of nitrogens with zero attached hydrogens (tertiary/aromatic N) is 2. The molecule has 1 aromatic heterocycles. The first-order valence-corrected chi connectivity index (χ1v) is 7.54. The molecule has 116 valence electrons. The van der Waals surface area contributed by atoms with Gasteiger partial charge in [0.2, 0.25) is 0 Å². The largest absolute Gasteiger partial charge is 0.348 e. The van der Waals surface area contributed by atoms with Gasteiger partial charge in [-0.05, 0) is 42.3 Å². The molecule has 1 unspecified atom stereocenters. The van der Waals surface area contributed by atoms with Crippen LogP contribution >= 0.6 is 0 Å². The van der Waals surface area contributed by atoms with Crippen molar-refractivity contribution in [3.05, 3.63) is 54.1 Å². The van der Waals surface area contributed by atoms with Gasteiger partial charge in [-0.15, -0.1) is 0 Å². The molecule has 5 heteroatoms. The number of anilines is 1. The minimum Gasteiger partial charge on any atom is -0.348 e. The number of halogens is 1. The van der Waals surface area contributed by atoms with Crippen LogP contribution in [0.2, 0.25) is 0 Å². The molecule has 0 saturated carbocycles. The lowest BCUT2D eigenvalue weighted by Crippen LogP contribution is -2.45. The second kappa shape index (κ2) is 5.83. The fourth-order valence-electron chi connectivity index (χ4n) is 3.07. The highest BCUT2D eigenvalue weighted by atomic mass is 19.1. The minimum absolute atomic E-state index is 0.0456. The summed E-state index contributed by atoms with van der Waals surface area (Å²) in [5.74, 6) is 0.00164. The highest BCUT2D eigenvalue weighted by molar-refractivity contribution is 5.89. The van der Waals surface area contributed by atoms with E-state index in [1.807, 2.05) is 11.0 Å². The van der Waals surface area contributed by atoms with E-state index in [1.165, 1.54) is 12.1 Å². The van der Waals surface area contributed by atoms with E-state index in [1.54, 1.807) is 12.1 Å². The lowest BCUT2D eigenvalue weighted by atomic mass is 9.97. The van der Waals surface area contributed by atoms with Gasteiger partial charge in [0.05, 0.1) is 6.04 Å². The summed E-state index contributed by atoms with van der Waals surface area (Å²) in [4.78, 5) is 14.5. The fourth-order valence-corrected chi connectivity index (χ4v) is 3.07. The van der Waals surface area contributed by atoms with Gasteiger partial charge in [0.25, 0.3) is 0 Å². The lowest BCUT2D eigenvalue weighted by molar-refractivity contribution is 0.144. The molecule has 1 aliphatic heterocycles. The predicted octanol–water partition coefficient (Wildman–Crippen LogP) is 3.87. The summed E-state index contributed by atoms with van der Waals surface area (Å²) in [6.45, 7) is 5.69. The average Bonchev–Trinajstić information content (AvgIpc) is 2.96. The number of benzene rings is 1. The van der Waals surface area contributed by atoms with Crippen molar-refractivity contribution < 1.29 is 9.18 Å². The van der Waals surface area contributed by atoms with Crippen LogP contribution in [0.1, 0.15) is 25.6 Å². The number of carbonyl (C=O) groups is 1. The molecule has 3 rings (SSSR count). The van der Waals surface area contributed by atoms with Crippen LogP contribution in [-0.4, -0.2) is 22.0 Å². The van der Waals surface area contributed by atoms with E-state index < -0.39 is 0 Å². The number of aromatic nitrogens is 1. The van der Waals surface area contributed by atoms with Crippen molar-refractivity contribution in [1.82, 2.24) is 9.47 Å². The smallest absolute Gasteiger partial charge is 0.322 e. The topological polar surface area (TPSA) is 37.3 Å². The van der Waals surface area contributed by atoms with E-state index in [9.17, 15) is 9.18 Å². The lowest BCUT2D eigenvalue weighted by Gasteiger charge is -2.39. The number of fused-ring (bicyclic) bond motifs is 1. The predicted molar refractivity (Wildman–Crippen MR) is 84.1 cm³/mol. The third-order valence-corrected chi connectivity index (χ3v) is 4.07. The van der Waals surface area contributed by atoms with Crippen molar-refractivity contribution in [1.29, 1.82) is 0 Å². The molecule has 4 nitrogen and oxygen atoms in total. The van der Waals surface area contributed by atoms with Gasteiger partial charge in [0.1, 0.15) is 5.82 Å². The molecule has 0 aliphatic carbocycles. The third kappa shape index (κ3) is 2.71. The zero-order chi connectivity index (χ0) is 15.7. The second-order valence-electron chi connectivity index (χ2n) is 5.95. The van der Waals surface area contributed by atoms with Crippen molar-refractivity contribution in [3.63, 3.8) is 0 Å². The van der Waals surface area contributed by atoms with Crippen LogP contribution in [0.15, 0.2) is 42.6 Å². The molecule has 1 aromatic carbocycles. The zero-order valence-electron chi connectivity index (χ0n) is 12.8. The summed E-state index contributed by atoms with van der Waals surface area (Å²) < 4.78 is 15.2. The molecule has 2 amide bonds. The average molecular weight is 301 g/mol. The monoisotopic (exact) mass is 301 g/mol. The van der Waals surface area contributed by atoms with Gasteiger partial charge >= 0.3 is 6.03 Å². The molecule has 2 heterocycles. The van der Waals surface area contributed by atoms with Crippen molar-refractivity contribution in [2.75, 3.05) is 11.9 Å². The Hall–Kier alpha value is -2.30. The molecular formula is C17H20FN3O. The molecule has 1 N–H and O–H groups in total. The summed E-state index contributed by atoms with van der Waals surface area (Å²) >= 11 is 0. The van der Waals surface area contributed by atoms with E-state index in [4.69, 9.17) is 0 Å². The van der Waals surface area contributed by atoms with Gasteiger partial charge in [-0.2, -0.15) is 0 Å². The molecule has 0 bridgehead atoms. The minimum atomic E-state index is -0.311. The van der Waals surface area contributed by atoms with Gasteiger partial charge in [0, 0.05) is 30.7 Å². The number of hydrogen-bond acceptors (Lipinski definition) is 1. The normalized spacial score (nSPS) is 17.5. The molecule has 0 spiro atoms. The summed E-state index contributed by atoms with van der Waals surface area (Å²) in [7, 11) is 0. The van der Waals surface area contributed by atoms with Crippen LogP contribution in [-0.2, 0) is 6.54 Å². The van der Waals surface area contributed by atoms with Crippen LogP contribution < -0.4 is 5.32 Å². The zero-order valence-corrected chi connectivity index (χ0v) is 12.8. The van der Waals surface area contributed by atoms with Crippen LogP contribution in [0.3, 0.4) is 0 Å². The molecule has 2 aromatic rings. The quantitative estimate of drug-likeness (QED) is 0.898. The Bertz CT molecular complexity index is 663. The van der Waals surface area contributed by atoms with Crippen LogP contribution in [0.4, 0.5) is 14.9 Å². The van der Waals surface area contributed by atoms with E-state index in [0.29, 0.717) is 18.2 Å². The van der Waals surface area contributed by atoms with Crippen LogP contribution in [0, 0.1) is 11.7 Å². The van der Waals surface area contributed by atoms with E-state index in [2.05, 4.69) is 36.0 Å². The van der Waals surface area contributed by atoms with E-state index in [-0.39, 0.29) is 17.9 Å². The number of urea groups is 1. The second-order valence-corrected chi connectivity index (χ2v) is 5.95. The van der Waals surface area contributed by atoms with Crippen molar-refractivity contribution >= 4 is 11.7 Å². The summed E-state index contributed by atoms with van der Waals surface area (Å²) in [6.07, 6.45) is 2.06. The highest BCUT2D eigenvalue weighted by Crippen LogP contribution is 2.32. The number of nitrogens with one attached hydrogen (secondary N) is 1. The molecule has 1 aliphatic rings. The standard InChI is InChI=1S/C17H20FN3O/c1-12(2)16-15-4-3-9-20(15)10-11-21(16)17(22)19-14-7-5-13(18)6-8-14/h3-9,12,16H,10-11H2,1-2H3,(H,19,22). The van der Waals surface area contributed by atoms with E-state index >= 15 is 0 Å². The first-order chi connectivity index (χ1) is 10.6. The highest BCUT2D eigenvalue weighted by Gasteiger charge is 2.32. The van der Waals surface area contributed by atoms with Crippen molar-refractivity contribution in [2.45, 2.75) is 26.4 Å². The maximum Gasteiger partial charge on any atom is 0.322 e. The Morgan fingerprint density at radius 2 is 1.95 bits per heavy atom. The third-order valence-electron chi connectivity index (χ3n) is 4.07. The van der Waals surface area contributed by atoms with Crippen LogP contribution in [0.5, 0.6) is 0 Å². The summed E-state index contributed by atoms with van der Waals surface area (Å²) in [6, 6.07) is 9.83. The number of amides is 2. The Kier molecular flexibility index (Phi) is 3.88. The van der Waals surface area contributed by atoms with Crippen molar-refractivity contribution in [2.24, 2.45) is 5.92 Å². The first kappa shape index (κ1) is 14.6. The Balaban J connectivity index is 1.81. The van der Waals surface area contributed by atoms with Gasteiger partial charge < -0.3 is 14.8 Å². The number of rotatable bonds is 2. The summed E-state index contributed by atoms with van der Waals surface area (Å²) in [5, 5.41) is 2.86. The number of carbonyl (C=O) groups excluding carboxylic acids is 1. The van der Waals surface area contributed by atoms with Crippen molar-refractivity contribution in [3.8, 4) is 0 Å². The summed E-state index contributed by atoms with van der Waals surface area (Å²) in [5.41, 5.74) is 1.77. The van der Waals surface area contributed by atoms with E-state index in [0.717, 1.165) is 12.2 Å². The Labute approximate surface area is 129 Å². The van der Waals surface area contributed by atoms with Gasteiger partial charge in [-0.1, -0.05) is 13.8 Å². The SMILES string of the molecule is CC(C)C1c2cccn2CCN1C(=O)Nc1ccc(F)cc1. The maximum atomic E-state index is 13.0. The van der Waals surface area contributed by atoms with Crippen LogP contribution in [0.25, 0.3) is 0 Å². The Morgan fingerprint density at radius 3 is 2.64 bits per heavy atom. The molecule has 0 saturated heterocycles. The first-order valence-electron chi connectivity index (χ1n) is 7.54. The molecule has 0 fully saturated rings. The molecular weight excluding hydrogens is 281 g/mol.